The molecule has 0 bridgehead atoms. The Labute approximate surface area is 210 Å². The van der Waals surface area contributed by atoms with Crippen LogP contribution in [0.5, 0.6) is 0 Å². The zero-order valence-corrected chi connectivity index (χ0v) is 23.2. The predicted octanol–water partition coefficient (Wildman–Crippen LogP) is 4.11. The summed E-state index contributed by atoms with van der Waals surface area (Å²) in [6.07, 6.45) is 20.6. The summed E-state index contributed by atoms with van der Waals surface area (Å²) in [6.45, 7) is 4.37. The van der Waals surface area contributed by atoms with Crippen LogP contribution in [0.15, 0.2) is 0 Å². The van der Waals surface area contributed by atoms with Gasteiger partial charge in [-0.2, -0.15) is 0 Å². The topological polar surface area (TPSA) is 77.4 Å². The molecule has 0 aliphatic heterocycles. The fourth-order valence-electron chi connectivity index (χ4n) is 4.00. The Balaban J connectivity index is 0. The largest absolute Gasteiger partial charge is 1.00 e. The van der Waals surface area contributed by atoms with Gasteiger partial charge in [-0.1, -0.05) is 117 Å². The summed E-state index contributed by atoms with van der Waals surface area (Å²) in [4.78, 5) is 0. The molecule has 0 spiro atoms. The SMILES string of the molecule is CCCCCCCC(O)CCCCCCCCC(CCCCCCC)S(=O)(=O)[O-].[Na+]. The first kappa shape index (κ1) is 33.0. The van der Waals surface area contributed by atoms with Crippen molar-refractivity contribution in [1.29, 1.82) is 0 Å². The Bertz CT molecular complexity index is 442. The van der Waals surface area contributed by atoms with E-state index in [0.717, 1.165) is 77.0 Å². The molecule has 0 aliphatic carbocycles. The summed E-state index contributed by atoms with van der Waals surface area (Å²) >= 11 is 0. The molecule has 0 aromatic rings. The van der Waals surface area contributed by atoms with Gasteiger partial charge in [0.05, 0.1) is 16.2 Å². The molecule has 6 heteroatoms. The Morgan fingerprint density at radius 2 is 0.900 bits per heavy atom. The fraction of sp³-hybridized carbons (Fsp3) is 1.00. The van der Waals surface area contributed by atoms with Crippen LogP contribution < -0.4 is 29.6 Å². The van der Waals surface area contributed by atoms with E-state index in [1.807, 2.05) is 0 Å². The van der Waals surface area contributed by atoms with E-state index in [4.69, 9.17) is 0 Å². The molecule has 1 N–H and O–H groups in total. The van der Waals surface area contributed by atoms with Gasteiger partial charge in [0.15, 0.2) is 0 Å². The van der Waals surface area contributed by atoms with Crippen LogP contribution in [0, 0.1) is 0 Å². The number of aliphatic hydroxyl groups is 1. The van der Waals surface area contributed by atoms with Crippen molar-refractivity contribution in [3.05, 3.63) is 0 Å². The molecule has 4 nitrogen and oxygen atoms in total. The van der Waals surface area contributed by atoms with Crippen molar-refractivity contribution in [1.82, 2.24) is 0 Å². The number of hydrogen-bond donors (Lipinski definition) is 1. The molecule has 176 valence electrons. The van der Waals surface area contributed by atoms with E-state index in [1.54, 1.807) is 0 Å². The summed E-state index contributed by atoms with van der Waals surface area (Å²) < 4.78 is 34.4. The van der Waals surface area contributed by atoms with Gasteiger partial charge >= 0.3 is 29.6 Å². The van der Waals surface area contributed by atoms with E-state index in [2.05, 4.69) is 13.8 Å². The molecule has 0 aromatic heterocycles. The van der Waals surface area contributed by atoms with Gasteiger partial charge in [-0.15, -0.1) is 0 Å². The van der Waals surface area contributed by atoms with E-state index in [0.29, 0.717) is 12.8 Å². The maximum Gasteiger partial charge on any atom is 1.00 e. The van der Waals surface area contributed by atoms with Crippen LogP contribution in [-0.4, -0.2) is 29.4 Å². The summed E-state index contributed by atoms with van der Waals surface area (Å²) in [5.74, 6) is 0. The minimum Gasteiger partial charge on any atom is -0.748 e. The third-order valence-corrected chi connectivity index (χ3v) is 7.28. The molecule has 0 aliphatic rings. The zero-order valence-electron chi connectivity index (χ0n) is 20.4. The van der Waals surface area contributed by atoms with Crippen molar-refractivity contribution in [3.63, 3.8) is 0 Å². The number of rotatable bonds is 22. The van der Waals surface area contributed by atoms with Crippen LogP contribution in [0.1, 0.15) is 142 Å². The molecule has 0 aromatic carbocycles. The maximum absolute atomic E-state index is 11.5. The van der Waals surface area contributed by atoms with Crippen LogP contribution in [0.2, 0.25) is 0 Å². The zero-order chi connectivity index (χ0) is 21.8. The second kappa shape index (κ2) is 23.0. The molecule has 0 saturated heterocycles. The van der Waals surface area contributed by atoms with Crippen LogP contribution in [0.25, 0.3) is 0 Å². The van der Waals surface area contributed by atoms with Crippen molar-refractivity contribution in [2.75, 3.05) is 0 Å². The summed E-state index contributed by atoms with van der Waals surface area (Å²) in [5.41, 5.74) is 0. The Kier molecular flexibility index (Phi) is 25.4. The number of aliphatic hydroxyl groups excluding tert-OH is 1. The first-order valence-electron chi connectivity index (χ1n) is 12.5. The normalized spacial score (nSPS) is 13.7. The van der Waals surface area contributed by atoms with Gasteiger partial charge in [0.1, 0.15) is 0 Å². The second-order valence-corrected chi connectivity index (χ2v) is 10.5. The molecule has 0 saturated carbocycles. The minimum absolute atomic E-state index is 0. The summed E-state index contributed by atoms with van der Waals surface area (Å²) in [5, 5.41) is 9.33. The fourth-order valence-corrected chi connectivity index (χ4v) is 4.91. The van der Waals surface area contributed by atoms with Gasteiger partial charge in [0, 0.05) is 5.25 Å². The minimum atomic E-state index is -4.16. The molecular formula is C24H49NaO4S. The number of hydrogen-bond acceptors (Lipinski definition) is 4. The predicted molar refractivity (Wildman–Crippen MR) is 123 cm³/mol. The number of unbranched alkanes of at least 4 members (excludes halogenated alkanes) is 13. The Morgan fingerprint density at radius 3 is 1.23 bits per heavy atom. The van der Waals surface area contributed by atoms with Crippen molar-refractivity contribution in [3.8, 4) is 0 Å². The monoisotopic (exact) mass is 456 g/mol. The standard InChI is InChI=1S/C24H50O4S.Na/c1-3-5-7-11-15-19-23(25)20-16-13-9-10-14-18-22-24(29(26,27)28)21-17-12-8-6-4-2;/h23-25H,3-22H2,1-2H3,(H,26,27,28);/q;+1/p-1. The van der Waals surface area contributed by atoms with Gasteiger partial charge in [-0.05, 0) is 25.7 Å². The third kappa shape index (κ3) is 22.1. The van der Waals surface area contributed by atoms with Crippen molar-refractivity contribution < 1.29 is 47.6 Å². The van der Waals surface area contributed by atoms with Crippen molar-refractivity contribution in [2.24, 2.45) is 0 Å². The van der Waals surface area contributed by atoms with Crippen LogP contribution >= 0.6 is 0 Å². The molecular weight excluding hydrogens is 407 g/mol. The van der Waals surface area contributed by atoms with Crippen LogP contribution in [-0.2, 0) is 10.1 Å². The Morgan fingerprint density at radius 1 is 0.600 bits per heavy atom. The van der Waals surface area contributed by atoms with Crippen molar-refractivity contribution >= 4 is 10.1 Å². The molecule has 2 atom stereocenters. The quantitative estimate of drug-likeness (QED) is 0.151. The van der Waals surface area contributed by atoms with Crippen LogP contribution in [0.4, 0.5) is 0 Å². The first-order chi connectivity index (χ1) is 13.9. The van der Waals surface area contributed by atoms with E-state index < -0.39 is 15.4 Å². The molecule has 0 rings (SSSR count). The smallest absolute Gasteiger partial charge is 0.748 e. The first-order valence-corrected chi connectivity index (χ1v) is 14.0. The van der Waals surface area contributed by atoms with Crippen molar-refractivity contribution in [2.45, 2.75) is 154 Å². The molecule has 30 heavy (non-hydrogen) atoms. The summed E-state index contributed by atoms with van der Waals surface area (Å²) in [7, 11) is -4.16. The van der Waals surface area contributed by atoms with Gasteiger partial charge in [0.25, 0.3) is 0 Å². The van der Waals surface area contributed by atoms with Gasteiger partial charge in [0.2, 0.25) is 0 Å². The third-order valence-electron chi connectivity index (χ3n) is 5.99. The maximum atomic E-state index is 11.5. The molecule has 0 heterocycles. The summed E-state index contributed by atoms with van der Waals surface area (Å²) in [6, 6.07) is 0. The molecule has 0 amide bonds. The average molecular weight is 457 g/mol. The second-order valence-electron chi connectivity index (χ2n) is 8.87. The van der Waals surface area contributed by atoms with E-state index in [9.17, 15) is 18.1 Å². The van der Waals surface area contributed by atoms with Gasteiger partial charge in [-0.25, -0.2) is 8.42 Å². The van der Waals surface area contributed by atoms with E-state index in [-0.39, 0.29) is 35.7 Å². The van der Waals surface area contributed by atoms with Gasteiger partial charge < -0.3 is 9.66 Å². The van der Waals surface area contributed by atoms with E-state index >= 15 is 0 Å². The molecule has 0 fully saturated rings. The van der Waals surface area contributed by atoms with Crippen LogP contribution in [0.3, 0.4) is 0 Å². The molecule has 2 unspecified atom stereocenters. The van der Waals surface area contributed by atoms with Gasteiger partial charge in [-0.3, -0.25) is 0 Å². The molecule has 0 radical (unpaired) electrons. The average Bonchev–Trinajstić information content (AvgIpc) is 2.67. The van der Waals surface area contributed by atoms with E-state index in [1.165, 1.54) is 38.5 Å². The Hall–Kier alpha value is 0.870.